The number of benzene rings is 1. The lowest BCUT2D eigenvalue weighted by molar-refractivity contribution is -0.387. The summed E-state index contributed by atoms with van der Waals surface area (Å²) >= 11 is 15.1. The Morgan fingerprint density at radius 2 is 2.00 bits per heavy atom. The standard InChI is InChI=1S/C6H3Cl2NO2S/c7-3-1-2-4(9(10)11)6(12)5(3)8/h1-2,12H. The first-order valence-corrected chi connectivity index (χ1v) is 4.05. The number of nitrogens with zero attached hydrogens (tertiary/aromatic N) is 1. The maximum atomic E-state index is 10.3. The topological polar surface area (TPSA) is 43.1 Å². The van der Waals surface area contributed by atoms with Crippen LogP contribution in [0.4, 0.5) is 5.69 Å². The molecule has 0 aliphatic carbocycles. The second kappa shape index (κ2) is 3.51. The van der Waals surface area contributed by atoms with Crippen LogP contribution in [0.2, 0.25) is 10.0 Å². The monoisotopic (exact) mass is 223 g/mol. The van der Waals surface area contributed by atoms with Crippen LogP contribution in [0.5, 0.6) is 0 Å². The van der Waals surface area contributed by atoms with Gasteiger partial charge in [0.2, 0.25) is 0 Å². The lowest BCUT2D eigenvalue weighted by Gasteiger charge is -1.99. The molecule has 0 saturated heterocycles. The van der Waals surface area contributed by atoms with Gasteiger partial charge < -0.3 is 0 Å². The predicted molar refractivity (Wildman–Crippen MR) is 50.4 cm³/mol. The summed E-state index contributed by atoms with van der Waals surface area (Å²) in [4.78, 5) is 9.87. The fourth-order valence-electron chi connectivity index (χ4n) is 0.677. The van der Waals surface area contributed by atoms with Crippen molar-refractivity contribution < 1.29 is 4.92 Å². The SMILES string of the molecule is O=[N+]([O-])c1ccc(Cl)c(Cl)c1S. The molecule has 64 valence electrons. The Balaban J connectivity index is 3.36. The predicted octanol–water partition coefficient (Wildman–Crippen LogP) is 3.19. The molecule has 0 N–H and O–H groups in total. The molecule has 0 radical (unpaired) electrons. The van der Waals surface area contributed by atoms with Crippen molar-refractivity contribution in [1.82, 2.24) is 0 Å². The Morgan fingerprint density at radius 1 is 1.42 bits per heavy atom. The molecule has 1 aromatic carbocycles. The average molecular weight is 224 g/mol. The third-order valence-electron chi connectivity index (χ3n) is 1.24. The van der Waals surface area contributed by atoms with Crippen LogP contribution >= 0.6 is 35.8 Å². The summed E-state index contributed by atoms with van der Waals surface area (Å²) in [5, 5.41) is 10.7. The van der Waals surface area contributed by atoms with E-state index in [0.717, 1.165) is 0 Å². The van der Waals surface area contributed by atoms with Gasteiger partial charge in [0.1, 0.15) is 4.90 Å². The van der Waals surface area contributed by atoms with Crippen molar-refractivity contribution in [2.45, 2.75) is 4.90 Å². The molecular weight excluding hydrogens is 221 g/mol. The summed E-state index contributed by atoms with van der Waals surface area (Å²) in [6.45, 7) is 0. The van der Waals surface area contributed by atoms with Crippen LogP contribution in [0.1, 0.15) is 0 Å². The first-order chi connectivity index (χ1) is 5.54. The lowest BCUT2D eigenvalue weighted by Crippen LogP contribution is -1.89. The van der Waals surface area contributed by atoms with Gasteiger partial charge in [0.15, 0.2) is 0 Å². The van der Waals surface area contributed by atoms with Gasteiger partial charge in [0.05, 0.1) is 15.0 Å². The van der Waals surface area contributed by atoms with Crippen molar-refractivity contribution >= 4 is 41.5 Å². The molecule has 0 spiro atoms. The van der Waals surface area contributed by atoms with Crippen LogP contribution in [0.15, 0.2) is 17.0 Å². The molecule has 0 bridgehead atoms. The molecule has 0 saturated carbocycles. The Bertz CT molecular complexity index is 343. The van der Waals surface area contributed by atoms with E-state index in [-0.39, 0.29) is 20.6 Å². The fourth-order valence-corrected chi connectivity index (χ4v) is 1.34. The van der Waals surface area contributed by atoms with Gasteiger partial charge in [0, 0.05) is 6.07 Å². The maximum Gasteiger partial charge on any atom is 0.284 e. The van der Waals surface area contributed by atoms with Gasteiger partial charge in [-0.15, -0.1) is 12.6 Å². The molecule has 0 heterocycles. The van der Waals surface area contributed by atoms with Crippen LogP contribution in [-0.4, -0.2) is 4.92 Å². The van der Waals surface area contributed by atoms with Crippen molar-refractivity contribution in [3.63, 3.8) is 0 Å². The molecule has 0 unspecified atom stereocenters. The zero-order valence-corrected chi connectivity index (χ0v) is 8.03. The van der Waals surface area contributed by atoms with E-state index in [9.17, 15) is 10.1 Å². The van der Waals surface area contributed by atoms with Gasteiger partial charge in [-0.1, -0.05) is 23.2 Å². The van der Waals surface area contributed by atoms with Crippen molar-refractivity contribution in [3.05, 3.63) is 32.3 Å². The quantitative estimate of drug-likeness (QED) is 0.452. The van der Waals surface area contributed by atoms with E-state index < -0.39 is 4.92 Å². The van der Waals surface area contributed by atoms with Crippen molar-refractivity contribution in [2.75, 3.05) is 0 Å². The number of hydrogen-bond acceptors (Lipinski definition) is 3. The molecule has 1 aromatic rings. The number of thiol groups is 1. The third-order valence-corrected chi connectivity index (χ3v) is 2.63. The highest BCUT2D eigenvalue weighted by atomic mass is 35.5. The minimum atomic E-state index is -0.565. The Morgan fingerprint density at radius 3 is 2.50 bits per heavy atom. The van der Waals surface area contributed by atoms with Crippen LogP contribution in [0, 0.1) is 10.1 Å². The Labute approximate surface area is 83.8 Å². The van der Waals surface area contributed by atoms with Gasteiger partial charge in [-0.2, -0.15) is 0 Å². The summed E-state index contributed by atoms with van der Waals surface area (Å²) < 4.78 is 0. The third kappa shape index (κ3) is 1.65. The number of hydrogen-bond donors (Lipinski definition) is 1. The highest BCUT2D eigenvalue weighted by Crippen LogP contribution is 2.35. The highest BCUT2D eigenvalue weighted by molar-refractivity contribution is 7.80. The van der Waals surface area contributed by atoms with Gasteiger partial charge in [-0.3, -0.25) is 10.1 Å². The molecule has 0 fully saturated rings. The van der Waals surface area contributed by atoms with Crippen molar-refractivity contribution in [3.8, 4) is 0 Å². The number of rotatable bonds is 1. The lowest BCUT2D eigenvalue weighted by atomic mass is 10.3. The average Bonchev–Trinajstić information content (AvgIpc) is 2.00. The second-order valence-electron chi connectivity index (χ2n) is 1.99. The van der Waals surface area contributed by atoms with E-state index in [1.807, 2.05) is 0 Å². The zero-order chi connectivity index (χ0) is 9.30. The molecule has 0 atom stereocenters. The molecule has 3 nitrogen and oxygen atoms in total. The van der Waals surface area contributed by atoms with E-state index >= 15 is 0 Å². The first-order valence-electron chi connectivity index (χ1n) is 2.85. The molecule has 0 amide bonds. The molecule has 1 rings (SSSR count). The van der Waals surface area contributed by atoms with E-state index in [0.29, 0.717) is 0 Å². The molecule has 0 aliphatic heterocycles. The van der Waals surface area contributed by atoms with Crippen molar-refractivity contribution in [2.24, 2.45) is 0 Å². The number of nitro groups is 1. The number of halogens is 2. The second-order valence-corrected chi connectivity index (χ2v) is 3.22. The minimum absolute atomic E-state index is 0.0918. The number of nitro benzene ring substituents is 1. The Kier molecular flexibility index (Phi) is 2.82. The Hall–Kier alpha value is -0.450. The molecular formula is C6H3Cl2NO2S. The highest BCUT2D eigenvalue weighted by Gasteiger charge is 2.15. The van der Waals surface area contributed by atoms with Crippen LogP contribution in [0.25, 0.3) is 0 Å². The summed E-state index contributed by atoms with van der Waals surface area (Å²) in [6, 6.07) is 2.62. The zero-order valence-electron chi connectivity index (χ0n) is 5.62. The molecule has 0 aliphatic rings. The normalized spacial score (nSPS) is 9.92. The van der Waals surface area contributed by atoms with E-state index in [1.54, 1.807) is 0 Å². The molecule has 0 aromatic heterocycles. The largest absolute Gasteiger partial charge is 0.284 e. The van der Waals surface area contributed by atoms with Gasteiger partial charge in [-0.25, -0.2) is 0 Å². The van der Waals surface area contributed by atoms with Crippen molar-refractivity contribution in [1.29, 1.82) is 0 Å². The van der Waals surface area contributed by atoms with E-state index in [4.69, 9.17) is 23.2 Å². The van der Waals surface area contributed by atoms with Crippen LogP contribution < -0.4 is 0 Å². The van der Waals surface area contributed by atoms with Gasteiger partial charge >= 0.3 is 0 Å². The molecule has 6 heteroatoms. The van der Waals surface area contributed by atoms with Gasteiger partial charge in [-0.05, 0) is 6.07 Å². The molecule has 12 heavy (non-hydrogen) atoms. The summed E-state index contributed by atoms with van der Waals surface area (Å²) in [5.74, 6) is 0. The summed E-state index contributed by atoms with van der Waals surface area (Å²) in [6.07, 6.45) is 0. The van der Waals surface area contributed by atoms with Gasteiger partial charge in [0.25, 0.3) is 5.69 Å². The van der Waals surface area contributed by atoms with Crippen LogP contribution in [-0.2, 0) is 0 Å². The van der Waals surface area contributed by atoms with E-state index in [2.05, 4.69) is 12.6 Å². The summed E-state index contributed by atoms with van der Waals surface area (Å²) in [7, 11) is 0. The smallest absolute Gasteiger partial charge is 0.258 e. The minimum Gasteiger partial charge on any atom is -0.258 e. The van der Waals surface area contributed by atoms with Crippen LogP contribution in [0.3, 0.4) is 0 Å². The first kappa shape index (κ1) is 9.64. The van der Waals surface area contributed by atoms with E-state index in [1.165, 1.54) is 12.1 Å². The maximum absolute atomic E-state index is 10.3. The summed E-state index contributed by atoms with van der Waals surface area (Å²) in [5.41, 5.74) is -0.146. The fraction of sp³-hybridized carbons (Fsp3) is 0.